The molecule has 100 valence electrons. The Morgan fingerprint density at radius 1 is 1.10 bits per heavy atom. The number of oxazole rings is 1. The molecule has 0 radical (unpaired) electrons. The fraction of sp³-hybridized carbons (Fsp3) is 0.0667. The highest BCUT2D eigenvalue weighted by molar-refractivity contribution is 9.10. The summed E-state index contributed by atoms with van der Waals surface area (Å²) in [7, 11) is 0. The van der Waals surface area contributed by atoms with Crippen LogP contribution in [-0.2, 0) is 6.54 Å². The van der Waals surface area contributed by atoms with Gasteiger partial charge in [0.15, 0.2) is 12.2 Å². The van der Waals surface area contributed by atoms with Crippen molar-refractivity contribution in [2.24, 2.45) is 0 Å². The van der Waals surface area contributed by atoms with Gasteiger partial charge >= 0.3 is 0 Å². The minimum atomic E-state index is 0.682. The Balaban J connectivity index is 1.67. The molecule has 4 nitrogen and oxygen atoms in total. The fourth-order valence-corrected chi connectivity index (χ4v) is 2.23. The zero-order valence-electron chi connectivity index (χ0n) is 10.6. The van der Waals surface area contributed by atoms with Crippen LogP contribution in [0.5, 0.6) is 0 Å². The van der Waals surface area contributed by atoms with Gasteiger partial charge in [-0.15, -0.1) is 0 Å². The van der Waals surface area contributed by atoms with E-state index in [2.05, 4.69) is 31.2 Å². The van der Waals surface area contributed by atoms with Crippen molar-refractivity contribution >= 4 is 21.6 Å². The first-order valence-electron chi connectivity index (χ1n) is 6.15. The molecule has 0 atom stereocenters. The Kier molecular flexibility index (Phi) is 3.78. The Morgan fingerprint density at radius 2 is 1.95 bits per heavy atom. The van der Waals surface area contributed by atoms with Gasteiger partial charge in [-0.2, -0.15) is 0 Å². The zero-order chi connectivity index (χ0) is 13.8. The molecule has 3 rings (SSSR count). The highest BCUT2D eigenvalue weighted by Gasteiger charge is 2.01. The lowest BCUT2D eigenvalue weighted by Crippen LogP contribution is -2.01. The van der Waals surface area contributed by atoms with Gasteiger partial charge in [0.1, 0.15) is 4.60 Å². The number of rotatable bonds is 4. The average molecular weight is 330 g/mol. The van der Waals surface area contributed by atoms with Crippen molar-refractivity contribution in [1.29, 1.82) is 0 Å². The molecule has 1 N–H and O–H groups in total. The number of pyridine rings is 1. The Hall–Kier alpha value is -2.14. The van der Waals surface area contributed by atoms with E-state index in [1.54, 1.807) is 6.20 Å². The number of benzene rings is 1. The molecule has 0 spiro atoms. The van der Waals surface area contributed by atoms with Gasteiger partial charge in [0.25, 0.3) is 0 Å². The standard InChI is InChI=1S/C15H12BrN3O/c16-15-3-1-2-13(19-15)8-18-12-6-4-11(5-7-12)14-9-17-10-20-14/h1-7,9-10,18H,8H2. The smallest absolute Gasteiger partial charge is 0.181 e. The van der Waals surface area contributed by atoms with Gasteiger partial charge in [-0.05, 0) is 52.3 Å². The minimum Gasteiger partial charge on any atom is -0.444 e. The van der Waals surface area contributed by atoms with Crippen molar-refractivity contribution in [2.75, 3.05) is 5.32 Å². The van der Waals surface area contributed by atoms with E-state index in [0.29, 0.717) is 6.54 Å². The van der Waals surface area contributed by atoms with Crippen molar-refractivity contribution in [2.45, 2.75) is 6.54 Å². The van der Waals surface area contributed by atoms with Crippen molar-refractivity contribution in [3.63, 3.8) is 0 Å². The molecule has 3 aromatic rings. The summed E-state index contributed by atoms with van der Waals surface area (Å²) >= 11 is 3.36. The third kappa shape index (κ3) is 3.05. The molecule has 0 aliphatic rings. The molecule has 0 saturated heterocycles. The lowest BCUT2D eigenvalue weighted by Gasteiger charge is -2.06. The van der Waals surface area contributed by atoms with E-state index in [9.17, 15) is 0 Å². The molecule has 2 heterocycles. The second kappa shape index (κ2) is 5.88. The summed E-state index contributed by atoms with van der Waals surface area (Å²) in [5, 5.41) is 3.33. The van der Waals surface area contributed by atoms with E-state index >= 15 is 0 Å². The second-order valence-electron chi connectivity index (χ2n) is 4.25. The van der Waals surface area contributed by atoms with Gasteiger partial charge in [0.2, 0.25) is 0 Å². The number of hydrogen-bond donors (Lipinski definition) is 1. The molecule has 0 saturated carbocycles. The maximum Gasteiger partial charge on any atom is 0.181 e. The molecular weight excluding hydrogens is 318 g/mol. The van der Waals surface area contributed by atoms with Crippen LogP contribution in [0.1, 0.15) is 5.69 Å². The Labute approximate surface area is 125 Å². The van der Waals surface area contributed by atoms with Crippen LogP contribution in [-0.4, -0.2) is 9.97 Å². The fourth-order valence-electron chi connectivity index (χ4n) is 1.85. The molecule has 0 amide bonds. The molecule has 5 heteroatoms. The number of halogens is 1. The summed E-state index contributed by atoms with van der Waals surface area (Å²) in [6.45, 7) is 0.682. The number of anilines is 1. The topological polar surface area (TPSA) is 51.0 Å². The SMILES string of the molecule is Brc1cccc(CNc2ccc(-c3cnco3)cc2)n1. The summed E-state index contributed by atoms with van der Waals surface area (Å²) < 4.78 is 6.10. The van der Waals surface area contributed by atoms with E-state index in [0.717, 1.165) is 27.3 Å². The predicted octanol–water partition coefficient (Wildman–Crippen LogP) is 4.11. The zero-order valence-corrected chi connectivity index (χ0v) is 12.2. The molecule has 0 aliphatic heterocycles. The average Bonchev–Trinajstić information content (AvgIpc) is 3.00. The van der Waals surface area contributed by atoms with E-state index < -0.39 is 0 Å². The number of nitrogens with zero attached hydrogens (tertiary/aromatic N) is 2. The third-order valence-electron chi connectivity index (χ3n) is 2.85. The van der Waals surface area contributed by atoms with Gasteiger partial charge in [0, 0.05) is 11.3 Å². The first-order chi connectivity index (χ1) is 9.81. The van der Waals surface area contributed by atoms with Crippen LogP contribution in [0.2, 0.25) is 0 Å². The molecule has 0 bridgehead atoms. The summed E-state index contributed by atoms with van der Waals surface area (Å²) in [6, 6.07) is 13.9. The third-order valence-corrected chi connectivity index (χ3v) is 3.29. The molecule has 2 aromatic heterocycles. The van der Waals surface area contributed by atoms with E-state index in [4.69, 9.17) is 4.42 Å². The maximum absolute atomic E-state index is 5.26. The van der Waals surface area contributed by atoms with Gasteiger partial charge in [0.05, 0.1) is 18.4 Å². The van der Waals surface area contributed by atoms with Crippen LogP contribution in [0, 0.1) is 0 Å². The highest BCUT2D eigenvalue weighted by Crippen LogP contribution is 2.21. The van der Waals surface area contributed by atoms with Crippen molar-refractivity contribution in [3.05, 3.63) is 65.4 Å². The quantitative estimate of drug-likeness (QED) is 0.732. The van der Waals surface area contributed by atoms with Gasteiger partial charge in [-0.25, -0.2) is 9.97 Å². The number of nitrogens with one attached hydrogen (secondary N) is 1. The molecule has 0 fully saturated rings. The van der Waals surface area contributed by atoms with Crippen LogP contribution >= 0.6 is 15.9 Å². The van der Waals surface area contributed by atoms with E-state index in [1.807, 2.05) is 42.5 Å². The minimum absolute atomic E-state index is 0.682. The van der Waals surface area contributed by atoms with E-state index in [1.165, 1.54) is 6.39 Å². The summed E-state index contributed by atoms with van der Waals surface area (Å²) in [4.78, 5) is 8.29. The lowest BCUT2D eigenvalue weighted by atomic mass is 10.1. The summed E-state index contributed by atoms with van der Waals surface area (Å²) in [5.41, 5.74) is 3.03. The normalized spacial score (nSPS) is 10.4. The van der Waals surface area contributed by atoms with Crippen LogP contribution in [0.3, 0.4) is 0 Å². The van der Waals surface area contributed by atoms with Crippen LogP contribution < -0.4 is 5.32 Å². The van der Waals surface area contributed by atoms with Gasteiger partial charge < -0.3 is 9.73 Å². The van der Waals surface area contributed by atoms with Gasteiger partial charge in [-0.3, -0.25) is 0 Å². The largest absolute Gasteiger partial charge is 0.444 e. The van der Waals surface area contributed by atoms with Gasteiger partial charge in [-0.1, -0.05) is 6.07 Å². The molecule has 1 aromatic carbocycles. The van der Waals surface area contributed by atoms with Crippen LogP contribution in [0.4, 0.5) is 5.69 Å². The summed E-state index contributed by atoms with van der Waals surface area (Å²) in [5.74, 6) is 0.769. The maximum atomic E-state index is 5.26. The molecule has 0 unspecified atom stereocenters. The second-order valence-corrected chi connectivity index (χ2v) is 5.06. The molecule has 20 heavy (non-hydrogen) atoms. The first kappa shape index (κ1) is 12.9. The lowest BCUT2D eigenvalue weighted by molar-refractivity contribution is 0.572. The van der Waals surface area contributed by atoms with Crippen LogP contribution in [0.15, 0.2) is 64.1 Å². The monoisotopic (exact) mass is 329 g/mol. The van der Waals surface area contributed by atoms with Crippen LogP contribution in [0.25, 0.3) is 11.3 Å². The van der Waals surface area contributed by atoms with Crippen molar-refractivity contribution in [1.82, 2.24) is 9.97 Å². The van der Waals surface area contributed by atoms with E-state index in [-0.39, 0.29) is 0 Å². The Morgan fingerprint density at radius 3 is 2.65 bits per heavy atom. The number of aromatic nitrogens is 2. The summed E-state index contributed by atoms with van der Waals surface area (Å²) in [6.07, 6.45) is 3.13. The van der Waals surface area contributed by atoms with Crippen molar-refractivity contribution in [3.8, 4) is 11.3 Å². The first-order valence-corrected chi connectivity index (χ1v) is 6.95. The molecule has 0 aliphatic carbocycles. The van der Waals surface area contributed by atoms with Crippen molar-refractivity contribution < 1.29 is 4.42 Å². The predicted molar refractivity (Wildman–Crippen MR) is 81.2 cm³/mol. The molecular formula is C15H12BrN3O. The highest BCUT2D eigenvalue weighted by atomic mass is 79.9. The number of hydrogen-bond acceptors (Lipinski definition) is 4. The Bertz CT molecular complexity index is 681.